The summed E-state index contributed by atoms with van der Waals surface area (Å²) in [5, 5.41) is 7.68. The average molecular weight is 343 g/mol. The van der Waals surface area contributed by atoms with Crippen molar-refractivity contribution in [3.05, 3.63) is 36.7 Å². The molecule has 132 valence electrons. The second-order valence-electron chi connectivity index (χ2n) is 6.21. The molecule has 0 bridgehead atoms. The van der Waals surface area contributed by atoms with E-state index in [1.807, 2.05) is 12.1 Å². The minimum absolute atomic E-state index is 0.225. The van der Waals surface area contributed by atoms with Crippen LogP contribution in [0.3, 0.4) is 0 Å². The fraction of sp³-hybridized carbons (Fsp3) is 0.471. The number of benzene rings is 1. The molecule has 0 saturated carbocycles. The van der Waals surface area contributed by atoms with Gasteiger partial charge in [-0.05, 0) is 30.7 Å². The quantitative estimate of drug-likeness (QED) is 0.838. The van der Waals surface area contributed by atoms with Gasteiger partial charge in [-0.2, -0.15) is 0 Å². The monoisotopic (exact) mass is 343 g/mol. The molecule has 8 nitrogen and oxygen atoms in total. The van der Waals surface area contributed by atoms with E-state index in [9.17, 15) is 4.79 Å². The van der Waals surface area contributed by atoms with Gasteiger partial charge in [0.1, 0.15) is 6.10 Å². The average Bonchev–Trinajstić information content (AvgIpc) is 3.17. The summed E-state index contributed by atoms with van der Waals surface area (Å²) in [6, 6.07) is 8.05. The molecule has 1 atom stereocenters. The zero-order chi connectivity index (χ0) is 17.1. The number of carbonyl (C=O) groups is 1. The number of anilines is 2. The van der Waals surface area contributed by atoms with E-state index in [2.05, 4.69) is 27.3 Å². The van der Waals surface area contributed by atoms with Crippen molar-refractivity contribution in [2.75, 3.05) is 42.6 Å². The molecule has 2 aromatic rings. The van der Waals surface area contributed by atoms with Crippen molar-refractivity contribution < 1.29 is 14.3 Å². The molecule has 2 fully saturated rings. The predicted octanol–water partition coefficient (Wildman–Crippen LogP) is 1.53. The van der Waals surface area contributed by atoms with E-state index in [0.29, 0.717) is 13.1 Å². The van der Waals surface area contributed by atoms with Gasteiger partial charge in [-0.15, -0.1) is 5.10 Å². The van der Waals surface area contributed by atoms with Gasteiger partial charge in [0.2, 0.25) is 0 Å². The summed E-state index contributed by atoms with van der Waals surface area (Å²) in [6.45, 7) is 4.48. The van der Waals surface area contributed by atoms with Crippen molar-refractivity contribution in [3.63, 3.8) is 0 Å². The first kappa shape index (κ1) is 15.9. The first-order valence-corrected chi connectivity index (χ1v) is 8.54. The molecule has 0 spiro atoms. The standard InChI is InChI=1S/C17H21N5O3/c23-17-22(13-16(25-17)12-21-8-6-18-19-21)15-4-2-14(3-5-15)20-7-1-10-24-11-9-20/h2-6,8,16H,1,7,9-13H2/t16-/m0/s1. The molecular weight excluding hydrogens is 322 g/mol. The Morgan fingerprint density at radius 3 is 2.76 bits per heavy atom. The third-order valence-corrected chi connectivity index (χ3v) is 4.49. The molecule has 1 aromatic heterocycles. The van der Waals surface area contributed by atoms with Gasteiger partial charge in [0.05, 0.1) is 25.9 Å². The van der Waals surface area contributed by atoms with E-state index in [-0.39, 0.29) is 12.2 Å². The second kappa shape index (κ2) is 7.10. The normalized spacial score (nSPS) is 21.3. The summed E-state index contributed by atoms with van der Waals surface area (Å²) in [5.41, 5.74) is 2.00. The maximum Gasteiger partial charge on any atom is 0.414 e. The minimum atomic E-state index is -0.318. The predicted molar refractivity (Wildman–Crippen MR) is 91.7 cm³/mol. The summed E-state index contributed by atoms with van der Waals surface area (Å²) in [6.07, 6.45) is 3.86. The fourth-order valence-corrected chi connectivity index (χ4v) is 3.21. The van der Waals surface area contributed by atoms with Gasteiger partial charge in [-0.25, -0.2) is 9.48 Å². The molecule has 4 rings (SSSR count). The van der Waals surface area contributed by atoms with E-state index < -0.39 is 0 Å². The summed E-state index contributed by atoms with van der Waals surface area (Å²) < 4.78 is 12.6. The van der Waals surface area contributed by atoms with Crippen LogP contribution in [0.1, 0.15) is 6.42 Å². The van der Waals surface area contributed by atoms with Crippen molar-refractivity contribution in [2.45, 2.75) is 19.1 Å². The van der Waals surface area contributed by atoms with Crippen LogP contribution in [-0.4, -0.2) is 60.0 Å². The fourth-order valence-electron chi connectivity index (χ4n) is 3.21. The minimum Gasteiger partial charge on any atom is -0.442 e. The number of cyclic esters (lactones) is 1. The Morgan fingerprint density at radius 1 is 1.12 bits per heavy atom. The number of aromatic nitrogens is 3. The third kappa shape index (κ3) is 3.58. The number of hydrogen-bond acceptors (Lipinski definition) is 6. The van der Waals surface area contributed by atoms with Gasteiger partial charge in [0, 0.05) is 37.3 Å². The molecule has 2 saturated heterocycles. The molecule has 0 aliphatic carbocycles. The Balaban J connectivity index is 1.42. The van der Waals surface area contributed by atoms with Gasteiger partial charge in [0.15, 0.2) is 0 Å². The Hall–Kier alpha value is -2.61. The van der Waals surface area contributed by atoms with E-state index in [4.69, 9.17) is 9.47 Å². The second-order valence-corrected chi connectivity index (χ2v) is 6.21. The zero-order valence-electron chi connectivity index (χ0n) is 14.0. The molecule has 1 aromatic carbocycles. The molecular formula is C17H21N5O3. The topological polar surface area (TPSA) is 72.7 Å². The number of carbonyl (C=O) groups excluding carboxylic acids is 1. The number of nitrogens with zero attached hydrogens (tertiary/aromatic N) is 5. The number of ether oxygens (including phenoxy) is 2. The van der Waals surface area contributed by atoms with Crippen LogP contribution in [0, 0.1) is 0 Å². The molecule has 25 heavy (non-hydrogen) atoms. The third-order valence-electron chi connectivity index (χ3n) is 4.49. The van der Waals surface area contributed by atoms with E-state index in [1.165, 1.54) is 0 Å². The maximum absolute atomic E-state index is 12.2. The van der Waals surface area contributed by atoms with Crippen LogP contribution >= 0.6 is 0 Å². The van der Waals surface area contributed by atoms with Gasteiger partial charge < -0.3 is 14.4 Å². The van der Waals surface area contributed by atoms with Gasteiger partial charge in [0.25, 0.3) is 0 Å². The van der Waals surface area contributed by atoms with E-state index in [0.717, 1.165) is 44.1 Å². The molecule has 0 N–H and O–H groups in total. The Morgan fingerprint density at radius 2 is 1.96 bits per heavy atom. The first-order chi connectivity index (χ1) is 12.3. The van der Waals surface area contributed by atoms with Crippen molar-refractivity contribution in [1.29, 1.82) is 0 Å². The lowest BCUT2D eigenvalue weighted by Gasteiger charge is -2.23. The highest BCUT2D eigenvalue weighted by atomic mass is 16.6. The SMILES string of the molecule is O=C1O[C@@H](Cn2ccnn2)CN1c1ccc(N2CCCOCC2)cc1. The van der Waals surface area contributed by atoms with Crippen molar-refractivity contribution in [1.82, 2.24) is 15.0 Å². The Labute approximate surface area is 145 Å². The molecule has 2 aliphatic heterocycles. The van der Waals surface area contributed by atoms with Crippen LogP contribution in [0.15, 0.2) is 36.7 Å². The van der Waals surface area contributed by atoms with E-state index >= 15 is 0 Å². The smallest absolute Gasteiger partial charge is 0.414 e. The van der Waals surface area contributed by atoms with Gasteiger partial charge >= 0.3 is 6.09 Å². The lowest BCUT2D eigenvalue weighted by atomic mass is 10.2. The summed E-state index contributed by atoms with van der Waals surface area (Å²) in [4.78, 5) is 16.2. The summed E-state index contributed by atoms with van der Waals surface area (Å²) in [7, 11) is 0. The van der Waals surface area contributed by atoms with E-state index in [1.54, 1.807) is 22.0 Å². The van der Waals surface area contributed by atoms with Crippen LogP contribution in [0.2, 0.25) is 0 Å². The highest BCUT2D eigenvalue weighted by molar-refractivity contribution is 5.89. The molecule has 8 heteroatoms. The van der Waals surface area contributed by atoms with Gasteiger partial charge in [-0.3, -0.25) is 4.90 Å². The van der Waals surface area contributed by atoms with Gasteiger partial charge in [-0.1, -0.05) is 5.21 Å². The number of hydrogen-bond donors (Lipinski definition) is 0. The summed E-state index contributed by atoms with van der Waals surface area (Å²) >= 11 is 0. The van der Waals surface area contributed by atoms with Crippen molar-refractivity contribution >= 4 is 17.5 Å². The molecule has 0 unspecified atom stereocenters. The summed E-state index contributed by atoms with van der Waals surface area (Å²) in [5.74, 6) is 0. The molecule has 2 aliphatic rings. The van der Waals surface area contributed by atoms with Crippen molar-refractivity contribution in [2.24, 2.45) is 0 Å². The highest BCUT2D eigenvalue weighted by Crippen LogP contribution is 2.25. The van der Waals surface area contributed by atoms with Crippen molar-refractivity contribution in [3.8, 4) is 0 Å². The van der Waals surface area contributed by atoms with Crippen LogP contribution in [-0.2, 0) is 16.0 Å². The van der Waals surface area contributed by atoms with Crippen LogP contribution in [0.5, 0.6) is 0 Å². The molecule has 3 heterocycles. The highest BCUT2D eigenvalue weighted by Gasteiger charge is 2.32. The number of amides is 1. The first-order valence-electron chi connectivity index (χ1n) is 8.54. The number of rotatable bonds is 4. The van der Waals surface area contributed by atoms with Crippen LogP contribution in [0.4, 0.5) is 16.2 Å². The largest absolute Gasteiger partial charge is 0.442 e. The Kier molecular flexibility index (Phi) is 4.51. The molecule has 0 radical (unpaired) electrons. The Bertz CT molecular complexity index is 696. The molecule has 1 amide bonds. The van der Waals surface area contributed by atoms with Crippen LogP contribution < -0.4 is 9.80 Å². The van der Waals surface area contributed by atoms with Crippen LogP contribution in [0.25, 0.3) is 0 Å². The zero-order valence-corrected chi connectivity index (χ0v) is 14.0. The lowest BCUT2D eigenvalue weighted by molar-refractivity contribution is 0.129. The lowest BCUT2D eigenvalue weighted by Crippen LogP contribution is -2.27. The maximum atomic E-state index is 12.2.